The zero-order valence-corrected chi connectivity index (χ0v) is 15.2. The smallest absolute Gasteiger partial charge is 0.233 e. The zero-order valence-electron chi connectivity index (χ0n) is 13.6. The van der Waals surface area contributed by atoms with Gasteiger partial charge in [-0.2, -0.15) is 0 Å². The van der Waals surface area contributed by atoms with Crippen LogP contribution in [-0.4, -0.2) is 57.1 Å². The van der Waals surface area contributed by atoms with E-state index in [1.165, 1.54) is 11.8 Å². The van der Waals surface area contributed by atoms with E-state index in [0.717, 1.165) is 11.3 Å². The fraction of sp³-hybridized carbons (Fsp3) is 0.438. The normalized spacial score (nSPS) is 18.0. The minimum absolute atomic E-state index is 0.0889. The highest BCUT2D eigenvalue weighted by Gasteiger charge is 2.22. The van der Waals surface area contributed by atoms with Crippen LogP contribution >= 0.6 is 23.4 Å². The monoisotopic (exact) mass is 366 g/mol. The number of carbonyl (C=O) groups is 1. The maximum absolute atomic E-state index is 12.4. The second-order valence-electron chi connectivity index (χ2n) is 5.73. The summed E-state index contributed by atoms with van der Waals surface area (Å²) >= 11 is 7.57. The summed E-state index contributed by atoms with van der Waals surface area (Å²) < 4.78 is 7.31. The lowest BCUT2D eigenvalue weighted by Crippen LogP contribution is -2.45. The number of ether oxygens (including phenoxy) is 1. The molecule has 24 heavy (non-hydrogen) atoms. The molecule has 3 rings (SSSR count). The Morgan fingerprint density at radius 2 is 2.33 bits per heavy atom. The van der Waals surface area contributed by atoms with Gasteiger partial charge in [0.05, 0.1) is 24.2 Å². The Bertz CT molecular complexity index is 737. The summed E-state index contributed by atoms with van der Waals surface area (Å²) in [5.74, 6) is 0.414. The zero-order chi connectivity index (χ0) is 17.1. The van der Waals surface area contributed by atoms with E-state index in [-0.39, 0.29) is 12.0 Å². The highest BCUT2D eigenvalue weighted by molar-refractivity contribution is 7.99. The Hall–Kier alpha value is -1.57. The molecule has 1 saturated heterocycles. The molecule has 0 saturated carbocycles. The van der Waals surface area contributed by atoms with E-state index in [0.29, 0.717) is 35.6 Å². The SMILES string of the molecule is Cc1ccc(-n2cnnc2SCC(=O)N2CCO[C@H](C)C2)cc1Cl. The van der Waals surface area contributed by atoms with Crippen LogP contribution in [0.5, 0.6) is 0 Å². The third-order valence-corrected chi connectivity index (χ3v) is 5.20. The Morgan fingerprint density at radius 1 is 1.50 bits per heavy atom. The molecule has 0 unspecified atom stereocenters. The van der Waals surface area contributed by atoms with E-state index in [1.807, 2.05) is 41.5 Å². The predicted octanol–water partition coefficient (Wildman–Crippen LogP) is 2.57. The average molecular weight is 367 g/mol. The number of hydrogen-bond donors (Lipinski definition) is 0. The van der Waals surface area contributed by atoms with Crippen molar-refractivity contribution in [2.75, 3.05) is 25.4 Å². The molecule has 1 fully saturated rings. The molecule has 0 aliphatic carbocycles. The number of morpholine rings is 1. The van der Waals surface area contributed by atoms with Gasteiger partial charge in [-0.25, -0.2) is 0 Å². The molecule has 2 aromatic rings. The van der Waals surface area contributed by atoms with E-state index in [4.69, 9.17) is 16.3 Å². The number of aryl methyl sites for hydroxylation is 1. The molecule has 0 spiro atoms. The number of hydrogen-bond acceptors (Lipinski definition) is 5. The van der Waals surface area contributed by atoms with Crippen molar-refractivity contribution in [3.8, 4) is 5.69 Å². The van der Waals surface area contributed by atoms with Gasteiger partial charge < -0.3 is 9.64 Å². The number of amides is 1. The van der Waals surface area contributed by atoms with E-state index in [9.17, 15) is 4.79 Å². The molecule has 8 heteroatoms. The molecule has 1 aromatic carbocycles. The number of nitrogens with zero attached hydrogens (tertiary/aromatic N) is 4. The molecule has 1 aliphatic heterocycles. The molecule has 2 heterocycles. The number of thioether (sulfide) groups is 1. The predicted molar refractivity (Wildman–Crippen MR) is 93.8 cm³/mol. The Morgan fingerprint density at radius 3 is 3.08 bits per heavy atom. The minimum Gasteiger partial charge on any atom is -0.375 e. The number of benzene rings is 1. The lowest BCUT2D eigenvalue weighted by molar-refractivity contribution is -0.135. The molecule has 0 N–H and O–H groups in total. The van der Waals surface area contributed by atoms with E-state index in [1.54, 1.807) is 6.33 Å². The van der Waals surface area contributed by atoms with Crippen molar-refractivity contribution in [1.82, 2.24) is 19.7 Å². The van der Waals surface area contributed by atoms with Gasteiger partial charge >= 0.3 is 0 Å². The lowest BCUT2D eigenvalue weighted by atomic mass is 10.2. The maximum atomic E-state index is 12.4. The molecular weight excluding hydrogens is 348 g/mol. The topological polar surface area (TPSA) is 60.2 Å². The number of aromatic nitrogens is 3. The molecule has 1 aliphatic rings. The summed E-state index contributed by atoms with van der Waals surface area (Å²) in [6.07, 6.45) is 1.72. The highest BCUT2D eigenvalue weighted by Crippen LogP contribution is 2.24. The first-order valence-electron chi connectivity index (χ1n) is 7.73. The molecule has 0 radical (unpaired) electrons. The Labute approximate surface area is 150 Å². The molecule has 1 aromatic heterocycles. The minimum atomic E-state index is 0.0889. The number of halogens is 1. The van der Waals surface area contributed by atoms with Gasteiger partial charge in [-0.15, -0.1) is 10.2 Å². The molecule has 6 nitrogen and oxygen atoms in total. The summed E-state index contributed by atoms with van der Waals surface area (Å²) in [5.41, 5.74) is 1.89. The Balaban J connectivity index is 1.67. The second-order valence-corrected chi connectivity index (χ2v) is 7.08. The van der Waals surface area contributed by atoms with Gasteiger partial charge in [0.1, 0.15) is 6.33 Å². The standard InChI is InChI=1S/C16H19ClN4O2S/c1-11-3-4-13(7-14(11)17)21-10-18-19-16(21)24-9-15(22)20-5-6-23-12(2)8-20/h3-4,7,10,12H,5-6,8-9H2,1-2H3/t12-/m1/s1. The van der Waals surface area contributed by atoms with Gasteiger partial charge in [-0.3, -0.25) is 9.36 Å². The summed E-state index contributed by atoms with van der Waals surface area (Å²) in [4.78, 5) is 14.2. The quantitative estimate of drug-likeness (QED) is 0.778. The fourth-order valence-electron chi connectivity index (χ4n) is 2.49. The van der Waals surface area contributed by atoms with Crippen LogP contribution in [0.15, 0.2) is 29.7 Å². The van der Waals surface area contributed by atoms with Gasteiger partial charge in [0.2, 0.25) is 5.91 Å². The van der Waals surface area contributed by atoms with Crippen molar-refractivity contribution in [3.63, 3.8) is 0 Å². The van der Waals surface area contributed by atoms with Gasteiger partial charge in [-0.05, 0) is 31.5 Å². The average Bonchev–Trinajstić information content (AvgIpc) is 3.03. The van der Waals surface area contributed by atoms with Crippen LogP contribution < -0.4 is 0 Å². The van der Waals surface area contributed by atoms with Crippen LogP contribution in [0, 0.1) is 6.92 Å². The highest BCUT2D eigenvalue weighted by atomic mass is 35.5. The van der Waals surface area contributed by atoms with Crippen LogP contribution in [-0.2, 0) is 9.53 Å². The second kappa shape index (κ2) is 7.55. The molecule has 1 atom stereocenters. The van der Waals surface area contributed by atoms with Crippen LogP contribution in [0.1, 0.15) is 12.5 Å². The van der Waals surface area contributed by atoms with E-state index < -0.39 is 0 Å². The van der Waals surface area contributed by atoms with E-state index >= 15 is 0 Å². The molecule has 0 bridgehead atoms. The van der Waals surface area contributed by atoms with Gasteiger partial charge in [0, 0.05) is 18.1 Å². The van der Waals surface area contributed by atoms with Crippen molar-refractivity contribution in [2.24, 2.45) is 0 Å². The first kappa shape index (κ1) is 17.3. The van der Waals surface area contributed by atoms with Crippen LogP contribution in [0.25, 0.3) is 5.69 Å². The van der Waals surface area contributed by atoms with Crippen molar-refractivity contribution >= 4 is 29.3 Å². The van der Waals surface area contributed by atoms with Gasteiger partial charge in [0.25, 0.3) is 0 Å². The van der Waals surface area contributed by atoms with E-state index in [2.05, 4.69) is 10.2 Å². The summed E-state index contributed by atoms with van der Waals surface area (Å²) in [5, 5.41) is 9.43. The molecule has 1 amide bonds. The third kappa shape index (κ3) is 3.91. The van der Waals surface area contributed by atoms with Crippen molar-refractivity contribution < 1.29 is 9.53 Å². The van der Waals surface area contributed by atoms with Crippen LogP contribution in [0.4, 0.5) is 0 Å². The fourth-order valence-corrected chi connectivity index (χ4v) is 3.50. The summed E-state index contributed by atoms with van der Waals surface area (Å²) in [6, 6.07) is 5.78. The lowest BCUT2D eigenvalue weighted by Gasteiger charge is -2.31. The third-order valence-electron chi connectivity index (χ3n) is 3.87. The summed E-state index contributed by atoms with van der Waals surface area (Å²) in [7, 11) is 0. The number of carbonyl (C=O) groups excluding carboxylic acids is 1. The van der Waals surface area contributed by atoms with Crippen molar-refractivity contribution in [1.29, 1.82) is 0 Å². The van der Waals surface area contributed by atoms with Gasteiger partial charge in [-0.1, -0.05) is 29.4 Å². The summed E-state index contributed by atoms with van der Waals surface area (Å²) in [6.45, 7) is 5.81. The largest absolute Gasteiger partial charge is 0.375 e. The van der Waals surface area contributed by atoms with Gasteiger partial charge in [0.15, 0.2) is 5.16 Å². The number of rotatable bonds is 4. The first-order valence-corrected chi connectivity index (χ1v) is 9.09. The van der Waals surface area contributed by atoms with Crippen molar-refractivity contribution in [2.45, 2.75) is 25.1 Å². The van der Waals surface area contributed by atoms with Crippen molar-refractivity contribution in [3.05, 3.63) is 35.1 Å². The maximum Gasteiger partial charge on any atom is 0.233 e. The van der Waals surface area contributed by atoms with Crippen LogP contribution in [0.2, 0.25) is 5.02 Å². The molecule has 128 valence electrons. The Kier molecular flexibility index (Phi) is 5.43. The van der Waals surface area contributed by atoms with Crippen LogP contribution in [0.3, 0.4) is 0 Å². The molecular formula is C16H19ClN4O2S. The first-order chi connectivity index (χ1) is 11.5.